The standard InChI is InChI=1S/C41H53N3O8/c1-6-8-20-32(46)42-30(26-50-5)36(29-18-11-9-12-19-29)51-40(49)33-31-21-22-41(52-31)34(33)38(47)44(24-13-10-14-25-45)37(41)39(48)43(23-7-2)35-27(3)16-15-17-28(35)4/h6-7,9,11-12,15-19,30-31,33-34,36-37,45H,1-2,8,10,13-14,20-26H2,3-5H3,(H,42,46)/t30-,31-,33+,34+,36-,37-,41+/m1/s1. The fourth-order valence-corrected chi connectivity index (χ4v) is 8.44. The fourth-order valence-electron chi connectivity index (χ4n) is 8.44. The maximum atomic E-state index is 15.0. The molecule has 1 spiro atoms. The van der Waals surface area contributed by atoms with Crippen LogP contribution in [0.3, 0.4) is 0 Å². The highest BCUT2D eigenvalue weighted by Gasteiger charge is 2.75. The van der Waals surface area contributed by atoms with Gasteiger partial charge in [-0.2, -0.15) is 0 Å². The number of ether oxygens (including phenoxy) is 3. The van der Waals surface area contributed by atoms with Crippen molar-refractivity contribution < 1.29 is 38.5 Å². The van der Waals surface area contributed by atoms with E-state index >= 15 is 0 Å². The summed E-state index contributed by atoms with van der Waals surface area (Å²) < 4.78 is 18.5. The Kier molecular flexibility index (Phi) is 13.1. The number of benzene rings is 2. The number of nitrogens with one attached hydrogen (secondary N) is 1. The van der Waals surface area contributed by atoms with Gasteiger partial charge < -0.3 is 34.4 Å². The van der Waals surface area contributed by atoms with E-state index in [1.54, 1.807) is 22.0 Å². The molecule has 0 aromatic heterocycles. The third kappa shape index (κ3) is 7.72. The number of esters is 1. The van der Waals surface area contributed by atoms with Gasteiger partial charge in [0.2, 0.25) is 11.8 Å². The maximum Gasteiger partial charge on any atom is 0.313 e. The predicted molar refractivity (Wildman–Crippen MR) is 197 cm³/mol. The van der Waals surface area contributed by atoms with E-state index in [0.717, 1.165) is 16.8 Å². The number of amides is 3. The Morgan fingerprint density at radius 2 is 1.81 bits per heavy atom. The van der Waals surface area contributed by atoms with E-state index in [1.807, 2.05) is 62.4 Å². The Labute approximate surface area is 307 Å². The number of hydrogen-bond acceptors (Lipinski definition) is 8. The molecule has 52 heavy (non-hydrogen) atoms. The second-order valence-corrected chi connectivity index (χ2v) is 14.1. The van der Waals surface area contributed by atoms with E-state index in [9.17, 15) is 24.3 Å². The molecule has 3 aliphatic rings. The number of aliphatic hydroxyl groups is 1. The summed E-state index contributed by atoms with van der Waals surface area (Å²) in [7, 11) is 1.51. The van der Waals surface area contributed by atoms with Gasteiger partial charge in [-0.05, 0) is 69.1 Å². The van der Waals surface area contributed by atoms with Crippen molar-refractivity contribution in [1.82, 2.24) is 10.2 Å². The van der Waals surface area contributed by atoms with Gasteiger partial charge in [-0.25, -0.2) is 0 Å². The summed E-state index contributed by atoms with van der Waals surface area (Å²) in [6, 6.07) is 13.3. The van der Waals surface area contributed by atoms with Crippen LogP contribution in [0.25, 0.3) is 0 Å². The second kappa shape index (κ2) is 17.5. The molecule has 7 atom stereocenters. The molecule has 2 aromatic carbocycles. The molecular formula is C41H53N3O8. The zero-order valence-electron chi connectivity index (χ0n) is 30.6. The molecule has 3 heterocycles. The molecular weight excluding hydrogens is 662 g/mol. The number of carbonyl (C=O) groups is 4. The minimum absolute atomic E-state index is 0.0304. The van der Waals surface area contributed by atoms with E-state index in [2.05, 4.69) is 18.5 Å². The fraction of sp³-hybridized carbons (Fsp3) is 0.512. The molecule has 0 aliphatic carbocycles. The minimum atomic E-state index is -1.23. The Morgan fingerprint density at radius 3 is 2.46 bits per heavy atom. The number of anilines is 1. The van der Waals surface area contributed by atoms with Gasteiger partial charge in [0, 0.05) is 38.9 Å². The van der Waals surface area contributed by atoms with Crippen molar-refractivity contribution in [2.45, 2.75) is 88.7 Å². The number of fused-ring (bicyclic) bond motifs is 1. The quantitative estimate of drug-likeness (QED) is 0.121. The van der Waals surface area contributed by atoms with Crippen LogP contribution in [0.4, 0.5) is 5.69 Å². The van der Waals surface area contributed by atoms with Crippen molar-refractivity contribution in [2.75, 3.05) is 38.3 Å². The first-order valence-electron chi connectivity index (χ1n) is 18.4. The molecule has 2 bridgehead atoms. The zero-order valence-corrected chi connectivity index (χ0v) is 30.6. The first-order valence-corrected chi connectivity index (χ1v) is 18.4. The third-order valence-electron chi connectivity index (χ3n) is 10.7. The van der Waals surface area contributed by atoms with Crippen LogP contribution in [0.15, 0.2) is 73.8 Å². The summed E-state index contributed by atoms with van der Waals surface area (Å²) >= 11 is 0. The van der Waals surface area contributed by atoms with Crippen molar-refractivity contribution in [1.29, 1.82) is 0 Å². The van der Waals surface area contributed by atoms with Crippen LogP contribution in [0.5, 0.6) is 0 Å². The highest BCUT2D eigenvalue weighted by molar-refractivity contribution is 6.05. The first-order chi connectivity index (χ1) is 25.1. The highest BCUT2D eigenvalue weighted by Crippen LogP contribution is 2.59. The SMILES string of the molecule is C=CCCC(=O)N[C@H](COC)[C@H](OC(=O)[C@@H]1[C@H]2C(=O)N(CCCCCO)[C@H](C(=O)N(CC=C)c3c(C)cccc3C)[C@]23CC[C@H]1O3)c1ccccc1. The number of likely N-dealkylation sites (tertiary alicyclic amines) is 1. The van der Waals surface area contributed by atoms with Gasteiger partial charge in [-0.1, -0.05) is 60.7 Å². The summed E-state index contributed by atoms with van der Waals surface area (Å²) in [6.45, 7) is 12.1. The Morgan fingerprint density at radius 1 is 1.08 bits per heavy atom. The van der Waals surface area contributed by atoms with E-state index in [-0.39, 0.29) is 50.4 Å². The molecule has 3 amide bonds. The highest BCUT2D eigenvalue weighted by atomic mass is 16.6. The third-order valence-corrected chi connectivity index (χ3v) is 10.7. The Bertz CT molecular complexity index is 1590. The van der Waals surface area contributed by atoms with Crippen LogP contribution in [-0.2, 0) is 33.4 Å². The summed E-state index contributed by atoms with van der Waals surface area (Å²) in [6.07, 6.45) is 5.21. The lowest BCUT2D eigenvalue weighted by Gasteiger charge is -2.37. The van der Waals surface area contributed by atoms with Crippen molar-refractivity contribution in [3.05, 3.63) is 90.5 Å². The van der Waals surface area contributed by atoms with E-state index in [1.165, 1.54) is 7.11 Å². The van der Waals surface area contributed by atoms with Gasteiger partial charge in [0.15, 0.2) is 0 Å². The minimum Gasteiger partial charge on any atom is -0.455 e. The van der Waals surface area contributed by atoms with Crippen molar-refractivity contribution in [3.63, 3.8) is 0 Å². The van der Waals surface area contributed by atoms with Crippen molar-refractivity contribution in [2.24, 2.45) is 11.8 Å². The molecule has 5 rings (SSSR count). The van der Waals surface area contributed by atoms with Crippen molar-refractivity contribution in [3.8, 4) is 0 Å². The number of allylic oxidation sites excluding steroid dienone is 1. The number of para-hydroxylation sites is 1. The van der Waals surface area contributed by atoms with Gasteiger partial charge >= 0.3 is 5.97 Å². The number of methoxy groups -OCH3 is 1. The normalized spacial score (nSPS) is 24.2. The van der Waals surface area contributed by atoms with E-state index in [0.29, 0.717) is 44.1 Å². The van der Waals surface area contributed by atoms with Crippen LogP contribution < -0.4 is 10.2 Å². The van der Waals surface area contributed by atoms with Crippen molar-refractivity contribution >= 4 is 29.4 Å². The number of rotatable bonds is 19. The van der Waals surface area contributed by atoms with E-state index < -0.39 is 47.7 Å². The monoisotopic (exact) mass is 715 g/mol. The molecule has 0 unspecified atom stereocenters. The number of unbranched alkanes of at least 4 members (excludes halogenated alkanes) is 2. The molecule has 2 N–H and O–H groups in total. The van der Waals surface area contributed by atoms with Crippen LogP contribution in [0.2, 0.25) is 0 Å². The Balaban J connectivity index is 1.51. The zero-order chi connectivity index (χ0) is 37.4. The largest absolute Gasteiger partial charge is 0.455 e. The maximum absolute atomic E-state index is 15.0. The predicted octanol–water partition coefficient (Wildman–Crippen LogP) is 4.74. The summed E-state index contributed by atoms with van der Waals surface area (Å²) in [5.41, 5.74) is 2.01. The summed E-state index contributed by atoms with van der Waals surface area (Å²) in [5.74, 6) is -3.35. The second-order valence-electron chi connectivity index (χ2n) is 14.1. The first kappa shape index (κ1) is 38.9. The summed E-state index contributed by atoms with van der Waals surface area (Å²) in [4.78, 5) is 60.4. The van der Waals surface area contributed by atoms with Crippen LogP contribution in [0.1, 0.15) is 67.7 Å². The van der Waals surface area contributed by atoms with Gasteiger partial charge in [0.25, 0.3) is 5.91 Å². The average Bonchev–Trinajstić information content (AvgIpc) is 3.78. The number of aliphatic hydroxyl groups excluding tert-OH is 1. The number of aryl methyl sites for hydroxylation is 2. The number of carbonyl (C=O) groups excluding carboxylic acids is 4. The average molecular weight is 716 g/mol. The molecule has 11 nitrogen and oxygen atoms in total. The molecule has 11 heteroatoms. The molecule has 2 aromatic rings. The molecule has 3 aliphatic heterocycles. The number of nitrogens with zero attached hydrogens (tertiary/aromatic N) is 2. The molecule has 280 valence electrons. The van der Waals surface area contributed by atoms with Gasteiger partial charge in [-0.3, -0.25) is 19.2 Å². The van der Waals surface area contributed by atoms with Gasteiger partial charge in [0.05, 0.1) is 30.6 Å². The lowest BCUT2D eigenvalue weighted by Crippen LogP contribution is -2.56. The van der Waals surface area contributed by atoms with Crippen LogP contribution in [0, 0.1) is 25.7 Å². The molecule has 0 saturated carbocycles. The van der Waals surface area contributed by atoms with Crippen LogP contribution in [-0.4, -0.2) is 90.9 Å². The summed E-state index contributed by atoms with van der Waals surface area (Å²) in [5, 5.41) is 12.4. The van der Waals surface area contributed by atoms with Gasteiger partial charge in [-0.15, -0.1) is 13.2 Å². The smallest absolute Gasteiger partial charge is 0.313 e. The van der Waals surface area contributed by atoms with Gasteiger partial charge in [0.1, 0.15) is 17.7 Å². The topological polar surface area (TPSA) is 135 Å². The van der Waals surface area contributed by atoms with E-state index in [4.69, 9.17) is 14.2 Å². The molecule has 0 radical (unpaired) electrons. The Hall–Kier alpha value is -4.32. The van der Waals surface area contributed by atoms with Crippen LogP contribution >= 0.6 is 0 Å². The number of hydrogen-bond donors (Lipinski definition) is 2. The lowest BCUT2D eigenvalue weighted by atomic mass is 9.70. The molecule has 3 fully saturated rings. The molecule has 3 saturated heterocycles. The lowest BCUT2D eigenvalue weighted by molar-refractivity contribution is -0.163.